The van der Waals surface area contributed by atoms with E-state index in [1.165, 1.54) is 0 Å². The van der Waals surface area contributed by atoms with Crippen LogP contribution in [0.15, 0.2) is 30.3 Å². The molecule has 7 nitrogen and oxygen atoms in total. The number of rotatable bonds is 4. The van der Waals surface area contributed by atoms with Gasteiger partial charge in [-0.25, -0.2) is 0 Å². The Bertz CT molecular complexity index is 495. The van der Waals surface area contributed by atoms with Gasteiger partial charge in [0.1, 0.15) is 6.61 Å². The lowest BCUT2D eigenvalue weighted by Crippen LogP contribution is -2.45. The fourth-order valence-corrected chi connectivity index (χ4v) is 2.09. The third-order valence-electron chi connectivity index (χ3n) is 3.31. The van der Waals surface area contributed by atoms with Crippen LogP contribution in [0.4, 0.5) is 0 Å². The van der Waals surface area contributed by atoms with Crippen LogP contribution >= 0.6 is 0 Å². The molecule has 0 aromatic heterocycles. The molecule has 1 unspecified atom stereocenters. The number of hydrogen-bond donors (Lipinski definition) is 3. The van der Waals surface area contributed by atoms with E-state index >= 15 is 0 Å². The van der Waals surface area contributed by atoms with Crippen LogP contribution in [0.2, 0.25) is 0 Å². The molecule has 1 saturated heterocycles. The van der Waals surface area contributed by atoms with Crippen LogP contribution in [0.25, 0.3) is 0 Å². The Balaban J connectivity index is 1.83. The first-order valence-electron chi connectivity index (χ1n) is 7.74. The van der Waals surface area contributed by atoms with Crippen LogP contribution < -0.4 is 16.0 Å². The molecule has 1 fully saturated rings. The van der Waals surface area contributed by atoms with Crippen molar-refractivity contribution < 1.29 is 19.1 Å². The SMILES string of the molecule is O=C1COC(COCc2ccccc2)C(=O)NCCNCCN1. The lowest BCUT2D eigenvalue weighted by molar-refractivity contribution is -0.142. The molecule has 1 aliphatic heterocycles. The number of carbonyl (C=O) groups is 2. The second-order valence-electron chi connectivity index (χ2n) is 5.19. The van der Waals surface area contributed by atoms with Crippen molar-refractivity contribution in [3.05, 3.63) is 35.9 Å². The fraction of sp³-hybridized carbons (Fsp3) is 0.500. The zero-order chi connectivity index (χ0) is 16.3. The molecular weight excluding hydrogens is 298 g/mol. The highest BCUT2D eigenvalue weighted by atomic mass is 16.5. The lowest BCUT2D eigenvalue weighted by atomic mass is 10.2. The summed E-state index contributed by atoms with van der Waals surface area (Å²) in [6, 6.07) is 9.67. The Morgan fingerprint density at radius 1 is 1.04 bits per heavy atom. The highest BCUT2D eigenvalue weighted by molar-refractivity contribution is 5.82. The molecule has 2 amide bonds. The molecule has 0 radical (unpaired) electrons. The average Bonchev–Trinajstić information content (AvgIpc) is 2.56. The maximum atomic E-state index is 12.1. The Morgan fingerprint density at radius 3 is 2.57 bits per heavy atom. The van der Waals surface area contributed by atoms with Crippen LogP contribution in [-0.4, -0.2) is 57.3 Å². The summed E-state index contributed by atoms with van der Waals surface area (Å²) in [5.41, 5.74) is 1.02. The molecule has 1 heterocycles. The third-order valence-corrected chi connectivity index (χ3v) is 3.31. The van der Waals surface area contributed by atoms with Gasteiger partial charge in [-0.3, -0.25) is 9.59 Å². The molecule has 0 aliphatic carbocycles. The van der Waals surface area contributed by atoms with Crippen LogP contribution in [0.5, 0.6) is 0 Å². The first-order chi connectivity index (χ1) is 11.3. The van der Waals surface area contributed by atoms with Gasteiger partial charge in [0.25, 0.3) is 5.91 Å². The van der Waals surface area contributed by atoms with E-state index in [1.807, 2.05) is 30.3 Å². The molecule has 1 aromatic carbocycles. The summed E-state index contributed by atoms with van der Waals surface area (Å²) in [5.74, 6) is -0.513. The van der Waals surface area contributed by atoms with Gasteiger partial charge in [-0.1, -0.05) is 30.3 Å². The van der Waals surface area contributed by atoms with Gasteiger partial charge in [-0.15, -0.1) is 0 Å². The molecule has 1 aliphatic rings. The minimum atomic E-state index is -0.802. The van der Waals surface area contributed by atoms with Crippen LogP contribution in [-0.2, 0) is 25.7 Å². The van der Waals surface area contributed by atoms with Crippen molar-refractivity contribution in [2.45, 2.75) is 12.7 Å². The summed E-state index contributed by atoms with van der Waals surface area (Å²) < 4.78 is 11.0. The van der Waals surface area contributed by atoms with Gasteiger partial charge in [-0.05, 0) is 5.56 Å². The Morgan fingerprint density at radius 2 is 1.78 bits per heavy atom. The van der Waals surface area contributed by atoms with Crippen LogP contribution in [0, 0.1) is 0 Å². The first-order valence-corrected chi connectivity index (χ1v) is 7.74. The molecule has 3 N–H and O–H groups in total. The smallest absolute Gasteiger partial charge is 0.251 e. The van der Waals surface area contributed by atoms with Crippen LogP contribution in [0.1, 0.15) is 5.56 Å². The molecule has 0 spiro atoms. The molecule has 1 aromatic rings. The lowest BCUT2D eigenvalue weighted by Gasteiger charge is -2.19. The predicted molar refractivity (Wildman–Crippen MR) is 84.7 cm³/mol. The van der Waals surface area contributed by atoms with Gasteiger partial charge in [0.2, 0.25) is 5.91 Å². The van der Waals surface area contributed by atoms with E-state index in [0.717, 1.165) is 5.56 Å². The van der Waals surface area contributed by atoms with E-state index in [0.29, 0.717) is 32.8 Å². The van der Waals surface area contributed by atoms with Gasteiger partial charge in [0, 0.05) is 26.2 Å². The molecule has 7 heteroatoms. The van der Waals surface area contributed by atoms with E-state index < -0.39 is 6.10 Å². The maximum absolute atomic E-state index is 12.1. The molecule has 1 atom stereocenters. The van der Waals surface area contributed by atoms with E-state index in [2.05, 4.69) is 16.0 Å². The van der Waals surface area contributed by atoms with E-state index in [4.69, 9.17) is 9.47 Å². The number of carbonyl (C=O) groups excluding carboxylic acids is 2. The van der Waals surface area contributed by atoms with Gasteiger partial charge in [0.05, 0.1) is 13.2 Å². The average molecular weight is 321 g/mol. The van der Waals surface area contributed by atoms with E-state index in [1.54, 1.807) is 0 Å². The van der Waals surface area contributed by atoms with E-state index in [-0.39, 0.29) is 25.0 Å². The third kappa shape index (κ3) is 6.77. The number of hydrogen-bond acceptors (Lipinski definition) is 5. The zero-order valence-electron chi connectivity index (χ0n) is 13.0. The Hall–Kier alpha value is -1.96. The summed E-state index contributed by atoms with van der Waals surface area (Å²) in [5, 5.41) is 8.62. The summed E-state index contributed by atoms with van der Waals surface area (Å²) >= 11 is 0. The molecule has 126 valence electrons. The standard InChI is InChI=1S/C16H23N3O4/c20-15-12-23-14(11-22-10-13-4-2-1-3-5-13)16(21)19-9-7-17-6-8-18-15/h1-5,14,17H,6-12H2,(H,18,20)(H,19,21). The molecule has 23 heavy (non-hydrogen) atoms. The minimum absolute atomic E-state index is 0.0986. The Kier molecular flexibility index (Phi) is 7.51. The van der Waals surface area contributed by atoms with Gasteiger partial charge < -0.3 is 25.4 Å². The summed E-state index contributed by atoms with van der Waals surface area (Å²) in [6.07, 6.45) is -0.802. The topological polar surface area (TPSA) is 88.7 Å². The molecular formula is C16H23N3O4. The number of ether oxygens (including phenoxy) is 2. The van der Waals surface area contributed by atoms with Crippen molar-refractivity contribution in [2.75, 3.05) is 39.4 Å². The van der Waals surface area contributed by atoms with Gasteiger partial charge in [0.15, 0.2) is 6.10 Å². The first kappa shape index (κ1) is 17.4. The van der Waals surface area contributed by atoms with Crippen molar-refractivity contribution in [3.8, 4) is 0 Å². The van der Waals surface area contributed by atoms with Crippen molar-refractivity contribution in [3.63, 3.8) is 0 Å². The van der Waals surface area contributed by atoms with Crippen molar-refractivity contribution in [1.29, 1.82) is 0 Å². The van der Waals surface area contributed by atoms with Crippen molar-refractivity contribution in [2.24, 2.45) is 0 Å². The Labute approximate surface area is 135 Å². The zero-order valence-corrected chi connectivity index (χ0v) is 13.0. The number of amides is 2. The van der Waals surface area contributed by atoms with Crippen LogP contribution in [0.3, 0.4) is 0 Å². The van der Waals surface area contributed by atoms with Gasteiger partial charge >= 0.3 is 0 Å². The van der Waals surface area contributed by atoms with Crippen molar-refractivity contribution in [1.82, 2.24) is 16.0 Å². The quantitative estimate of drug-likeness (QED) is 0.691. The second-order valence-corrected chi connectivity index (χ2v) is 5.19. The highest BCUT2D eigenvalue weighted by Crippen LogP contribution is 2.03. The van der Waals surface area contributed by atoms with E-state index in [9.17, 15) is 9.59 Å². The maximum Gasteiger partial charge on any atom is 0.251 e. The normalized spacial score (nSPS) is 20.8. The summed E-state index contributed by atoms with van der Waals surface area (Å²) in [7, 11) is 0. The number of nitrogens with one attached hydrogen (secondary N) is 3. The fourth-order valence-electron chi connectivity index (χ4n) is 2.09. The highest BCUT2D eigenvalue weighted by Gasteiger charge is 2.21. The predicted octanol–water partition coefficient (Wildman–Crippen LogP) is -0.576. The molecule has 2 rings (SSSR count). The van der Waals surface area contributed by atoms with Crippen molar-refractivity contribution >= 4 is 11.8 Å². The minimum Gasteiger partial charge on any atom is -0.374 e. The monoisotopic (exact) mass is 321 g/mol. The molecule has 0 saturated carbocycles. The second kappa shape index (κ2) is 9.94. The molecule has 0 bridgehead atoms. The largest absolute Gasteiger partial charge is 0.374 e. The van der Waals surface area contributed by atoms with Gasteiger partial charge in [-0.2, -0.15) is 0 Å². The summed E-state index contributed by atoms with van der Waals surface area (Å²) in [4.78, 5) is 23.7. The summed E-state index contributed by atoms with van der Waals surface area (Å²) in [6.45, 7) is 2.66. The number of benzene rings is 1.